The Hall–Kier alpha value is -3.76. The van der Waals surface area contributed by atoms with Gasteiger partial charge in [0.05, 0.1) is 32.4 Å². The number of hydrogen-bond acceptors (Lipinski definition) is 7. The summed E-state index contributed by atoms with van der Waals surface area (Å²) < 4.78 is 57.1. The fourth-order valence-corrected chi connectivity index (χ4v) is 3.85. The number of benzene rings is 2. The van der Waals surface area contributed by atoms with Gasteiger partial charge in [0.1, 0.15) is 23.2 Å². The lowest BCUT2D eigenvalue weighted by Crippen LogP contribution is -2.31. The summed E-state index contributed by atoms with van der Waals surface area (Å²) in [5.41, 5.74) is 0.695. The average Bonchev–Trinajstić information content (AvgIpc) is 3.03. The summed E-state index contributed by atoms with van der Waals surface area (Å²) >= 11 is 0. The second-order valence-corrected chi connectivity index (χ2v) is 7.24. The minimum Gasteiger partial charge on any atom is -0.496 e. The van der Waals surface area contributed by atoms with E-state index in [1.807, 2.05) is 0 Å². The highest BCUT2D eigenvalue weighted by atomic mass is 19.4. The van der Waals surface area contributed by atoms with Gasteiger partial charge in [-0.1, -0.05) is 18.2 Å². The van der Waals surface area contributed by atoms with Crippen LogP contribution in [-0.4, -0.2) is 49.7 Å². The van der Waals surface area contributed by atoms with Crippen LogP contribution in [0.2, 0.25) is 0 Å². The molecule has 1 aliphatic heterocycles. The van der Waals surface area contributed by atoms with Crippen LogP contribution < -0.4 is 14.2 Å². The van der Waals surface area contributed by atoms with Crippen molar-refractivity contribution in [3.63, 3.8) is 0 Å². The molecule has 3 rings (SSSR count). The SMILES string of the molecule is CCOC(=O)[C@H]1C(=O)C(=O)N(Cc2ccc(OC(F)(F)F)cc2)[C@@H]1c1c(OC)cccc1OC. The van der Waals surface area contributed by atoms with Crippen LogP contribution >= 0.6 is 0 Å². The van der Waals surface area contributed by atoms with Crippen molar-refractivity contribution in [2.24, 2.45) is 5.92 Å². The molecule has 2 aromatic rings. The highest BCUT2D eigenvalue weighted by molar-refractivity contribution is 6.42. The zero-order valence-corrected chi connectivity index (χ0v) is 18.5. The number of esters is 1. The molecule has 0 bridgehead atoms. The van der Waals surface area contributed by atoms with E-state index in [9.17, 15) is 27.6 Å². The summed E-state index contributed by atoms with van der Waals surface area (Å²) in [6.45, 7) is 1.38. The molecule has 2 aromatic carbocycles. The molecule has 0 aliphatic carbocycles. The normalized spacial score (nSPS) is 18.1. The van der Waals surface area contributed by atoms with Crippen molar-refractivity contribution in [1.29, 1.82) is 0 Å². The standard InChI is InChI=1S/C23H22F3NO7/c1-4-33-22(30)18-19(17-15(31-2)6-5-7-16(17)32-3)27(21(29)20(18)28)12-13-8-10-14(11-9-13)34-23(24,25)26/h5-11,18-19H,4,12H2,1-3H3/t18-,19-/m1/s1. The van der Waals surface area contributed by atoms with Crippen LogP contribution in [0.25, 0.3) is 0 Å². The van der Waals surface area contributed by atoms with Gasteiger partial charge in [-0.25, -0.2) is 0 Å². The van der Waals surface area contributed by atoms with E-state index in [1.54, 1.807) is 25.1 Å². The van der Waals surface area contributed by atoms with Gasteiger partial charge in [-0.15, -0.1) is 13.2 Å². The predicted octanol–water partition coefficient (Wildman–Crippen LogP) is 3.43. The molecule has 182 valence electrons. The van der Waals surface area contributed by atoms with Crippen molar-refractivity contribution in [2.75, 3.05) is 20.8 Å². The van der Waals surface area contributed by atoms with Crippen LogP contribution in [0, 0.1) is 5.92 Å². The zero-order chi connectivity index (χ0) is 25.0. The Morgan fingerprint density at radius 3 is 2.09 bits per heavy atom. The lowest BCUT2D eigenvalue weighted by Gasteiger charge is -2.29. The van der Waals surface area contributed by atoms with Crippen molar-refractivity contribution in [3.8, 4) is 17.2 Å². The molecule has 0 radical (unpaired) electrons. The van der Waals surface area contributed by atoms with E-state index in [-0.39, 0.29) is 24.7 Å². The van der Waals surface area contributed by atoms with Gasteiger partial charge in [-0.3, -0.25) is 14.4 Å². The maximum absolute atomic E-state index is 13.0. The molecule has 34 heavy (non-hydrogen) atoms. The van der Waals surface area contributed by atoms with Crippen LogP contribution in [0.4, 0.5) is 13.2 Å². The number of carbonyl (C=O) groups is 3. The van der Waals surface area contributed by atoms with Gasteiger partial charge in [0, 0.05) is 6.54 Å². The maximum Gasteiger partial charge on any atom is 0.573 e. The smallest absolute Gasteiger partial charge is 0.496 e. The van der Waals surface area contributed by atoms with Crippen LogP contribution in [0.3, 0.4) is 0 Å². The van der Waals surface area contributed by atoms with E-state index in [4.69, 9.17) is 14.2 Å². The van der Waals surface area contributed by atoms with E-state index in [0.717, 1.165) is 17.0 Å². The molecule has 2 atom stereocenters. The largest absolute Gasteiger partial charge is 0.573 e. The summed E-state index contributed by atoms with van der Waals surface area (Å²) in [5.74, 6) is -4.15. The number of rotatable bonds is 8. The van der Waals surface area contributed by atoms with Crippen molar-refractivity contribution in [2.45, 2.75) is 25.9 Å². The van der Waals surface area contributed by atoms with E-state index in [1.165, 1.54) is 26.4 Å². The molecular formula is C23H22F3NO7. The highest BCUT2D eigenvalue weighted by Crippen LogP contribution is 2.46. The fraction of sp³-hybridized carbons (Fsp3) is 0.348. The second kappa shape index (κ2) is 10.0. The number of nitrogens with zero attached hydrogens (tertiary/aromatic N) is 1. The third-order valence-corrected chi connectivity index (χ3v) is 5.22. The van der Waals surface area contributed by atoms with Gasteiger partial charge >= 0.3 is 12.3 Å². The number of ether oxygens (including phenoxy) is 4. The average molecular weight is 481 g/mol. The third kappa shape index (κ3) is 5.08. The molecule has 0 spiro atoms. The topological polar surface area (TPSA) is 91.4 Å². The third-order valence-electron chi connectivity index (χ3n) is 5.22. The molecule has 0 aromatic heterocycles. The number of halogens is 3. The Kier molecular flexibility index (Phi) is 7.33. The van der Waals surface area contributed by atoms with E-state index >= 15 is 0 Å². The molecule has 0 unspecified atom stereocenters. The first kappa shape index (κ1) is 24.9. The Morgan fingerprint density at radius 1 is 1.00 bits per heavy atom. The molecule has 0 N–H and O–H groups in total. The summed E-state index contributed by atoms with van der Waals surface area (Å²) in [7, 11) is 2.78. The molecular weight excluding hydrogens is 459 g/mol. The number of likely N-dealkylation sites (tertiary alicyclic amines) is 1. The number of amides is 1. The summed E-state index contributed by atoms with van der Waals surface area (Å²) in [5, 5.41) is 0. The minimum atomic E-state index is -4.85. The number of Topliss-reactive ketones (excluding diaryl/α,β-unsaturated/α-hetero) is 1. The van der Waals surface area contributed by atoms with Gasteiger partial charge in [0.15, 0.2) is 0 Å². The first-order valence-electron chi connectivity index (χ1n) is 10.2. The molecule has 1 heterocycles. The first-order chi connectivity index (χ1) is 16.1. The Labute approximate surface area is 193 Å². The van der Waals surface area contributed by atoms with Crippen LogP contribution in [0.15, 0.2) is 42.5 Å². The van der Waals surface area contributed by atoms with Gasteiger partial charge in [0.2, 0.25) is 5.78 Å². The van der Waals surface area contributed by atoms with Crippen LogP contribution in [-0.2, 0) is 25.7 Å². The van der Waals surface area contributed by atoms with Crippen molar-refractivity contribution in [1.82, 2.24) is 4.90 Å². The number of carbonyl (C=O) groups excluding carboxylic acids is 3. The lowest BCUT2D eigenvalue weighted by molar-refractivity contribution is -0.274. The Balaban J connectivity index is 2.05. The molecule has 8 nitrogen and oxygen atoms in total. The molecule has 1 fully saturated rings. The quantitative estimate of drug-likeness (QED) is 0.324. The van der Waals surface area contributed by atoms with Crippen LogP contribution in [0.5, 0.6) is 17.2 Å². The number of ketones is 1. The van der Waals surface area contributed by atoms with E-state index in [0.29, 0.717) is 11.1 Å². The van der Waals surface area contributed by atoms with Gasteiger partial charge in [-0.05, 0) is 36.8 Å². The van der Waals surface area contributed by atoms with Gasteiger partial charge < -0.3 is 23.8 Å². The number of alkyl halides is 3. The molecule has 1 saturated heterocycles. The molecule has 0 saturated carbocycles. The summed E-state index contributed by atoms with van der Waals surface area (Å²) in [6, 6.07) is 8.53. The highest BCUT2D eigenvalue weighted by Gasteiger charge is 2.54. The maximum atomic E-state index is 13.0. The van der Waals surface area contributed by atoms with Gasteiger partial charge in [0.25, 0.3) is 5.91 Å². The van der Waals surface area contributed by atoms with Crippen molar-refractivity contribution >= 4 is 17.7 Å². The fourth-order valence-electron chi connectivity index (χ4n) is 3.85. The Bertz CT molecular complexity index is 1050. The lowest BCUT2D eigenvalue weighted by atomic mass is 9.91. The molecule has 1 aliphatic rings. The zero-order valence-electron chi connectivity index (χ0n) is 18.5. The minimum absolute atomic E-state index is 0.00670. The Morgan fingerprint density at radius 2 is 1.59 bits per heavy atom. The first-order valence-corrected chi connectivity index (χ1v) is 10.2. The summed E-state index contributed by atoms with van der Waals surface area (Å²) in [4.78, 5) is 39.8. The summed E-state index contributed by atoms with van der Waals surface area (Å²) in [6.07, 6.45) is -4.85. The van der Waals surface area contributed by atoms with Crippen molar-refractivity contribution < 1.29 is 46.5 Å². The second-order valence-electron chi connectivity index (χ2n) is 7.24. The monoisotopic (exact) mass is 481 g/mol. The number of hydrogen-bond donors (Lipinski definition) is 0. The van der Waals surface area contributed by atoms with E-state index < -0.39 is 41.7 Å². The van der Waals surface area contributed by atoms with Crippen LogP contribution in [0.1, 0.15) is 24.1 Å². The molecule has 1 amide bonds. The van der Waals surface area contributed by atoms with Gasteiger partial charge in [-0.2, -0.15) is 0 Å². The van der Waals surface area contributed by atoms with E-state index in [2.05, 4.69) is 4.74 Å². The predicted molar refractivity (Wildman–Crippen MR) is 111 cm³/mol. The van der Waals surface area contributed by atoms with Crippen molar-refractivity contribution in [3.05, 3.63) is 53.6 Å². The number of methoxy groups -OCH3 is 2. The molecule has 11 heteroatoms.